The molecule has 4 bridgehead atoms. The zero-order valence-electron chi connectivity index (χ0n) is 31.5. The number of anilines is 3. The lowest BCUT2D eigenvalue weighted by atomic mass is 9.60. The van der Waals surface area contributed by atoms with E-state index in [4.69, 9.17) is 14.5 Å². The molecule has 10 heterocycles. The molecule has 2 aromatic heterocycles. The molecule has 1 N–H and O–H groups in total. The van der Waals surface area contributed by atoms with Gasteiger partial charge < -0.3 is 29.2 Å². The fourth-order valence-corrected chi connectivity index (χ4v) is 10.2. The molecule has 1 amide bonds. The summed E-state index contributed by atoms with van der Waals surface area (Å²) in [7, 11) is 1.75. The average Bonchev–Trinajstić information content (AvgIpc) is 3.86. The molecule has 13 rings (SSSR count). The minimum absolute atomic E-state index is 0.171. The van der Waals surface area contributed by atoms with Crippen LogP contribution in [-0.4, -0.2) is 106 Å². The Labute approximate surface area is 312 Å². The van der Waals surface area contributed by atoms with E-state index in [9.17, 15) is 4.79 Å². The highest BCUT2D eigenvalue weighted by Gasteiger charge is 2.61. The monoisotopic (exact) mass is 716 g/mol. The highest BCUT2D eigenvalue weighted by Crippen LogP contribution is 2.55. The lowest BCUT2D eigenvalue weighted by Gasteiger charge is -2.64. The smallest absolute Gasteiger partial charge is 0.410 e. The van der Waals surface area contributed by atoms with Crippen LogP contribution >= 0.6 is 0 Å². The number of hydrogen-bond donors (Lipinski definition) is 1. The predicted molar refractivity (Wildman–Crippen MR) is 207 cm³/mol. The molecule has 9 aliphatic rings. The summed E-state index contributed by atoms with van der Waals surface area (Å²) in [6.45, 7) is 13.2. The quantitative estimate of drug-likeness (QED) is 0.207. The number of hydrogen-bond acceptors (Lipinski definition) is 9. The summed E-state index contributed by atoms with van der Waals surface area (Å²) in [5.74, 6) is 2.57. The molecule has 1 saturated carbocycles. The Balaban J connectivity index is 0.828. The molecule has 53 heavy (non-hydrogen) atoms. The van der Waals surface area contributed by atoms with Gasteiger partial charge in [0.2, 0.25) is 5.95 Å². The molecule has 1 aliphatic carbocycles. The number of nitrogens with zero attached hydrogens (tertiary/aromatic N) is 7. The third kappa shape index (κ3) is 5.82. The number of ether oxygens (including phenoxy) is 2. The Morgan fingerprint density at radius 3 is 2.55 bits per heavy atom. The molecule has 0 radical (unpaired) electrons. The maximum atomic E-state index is 12.6. The Morgan fingerprint density at radius 1 is 1.00 bits per heavy atom. The van der Waals surface area contributed by atoms with Gasteiger partial charge in [0, 0.05) is 110 Å². The molecule has 11 heteroatoms. The molecule has 278 valence electrons. The number of aromatic nitrogens is 3. The maximum Gasteiger partial charge on any atom is 0.410 e. The molecule has 9 fully saturated rings. The predicted octanol–water partition coefficient (Wildman–Crippen LogP) is 6.98. The van der Waals surface area contributed by atoms with Crippen LogP contribution in [0.15, 0.2) is 60.9 Å². The van der Waals surface area contributed by atoms with Crippen LogP contribution in [0.2, 0.25) is 0 Å². The average molecular weight is 717 g/mol. The van der Waals surface area contributed by atoms with Gasteiger partial charge >= 0.3 is 6.09 Å². The van der Waals surface area contributed by atoms with Crippen LogP contribution in [0, 0.1) is 17.3 Å². The van der Waals surface area contributed by atoms with E-state index in [2.05, 4.69) is 78.2 Å². The van der Waals surface area contributed by atoms with Gasteiger partial charge in [0.25, 0.3) is 0 Å². The van der Waals surface area contributed by atoms with Gasteiger partial charge in [-0.25, -0.2) is 14.8 Å². The number of likely N-dealkylation sites (tertiary alicyclic amines) is 1. The second kappa shape index (κ2) is 12.3. The van der Waals surface area contributed by atoms with Crippen molar-refractivity contribution in [3.8, 4) is 17.0 Å². The minimum atomic E-state index is -0.450. The Morgan fingerprint density at radius 2 is 1.79 bits per heavy atom. The van der Waals surface area contributed by atoms with Crippen molar-refractivity contribution in [2.75, 3.05) is 63.1 Å². The van der Waals surface area contributed by atoms with Crippen molar-refractivity contribution in [1.82, 2.24) is 29.2 Å². The van der Waals surface area contributed by atoms with Crippen molar-refractivity contribution in [3.63, 3.8) is 0 Å². The van der Waals surface area contributed by atoms with Gasteiger partial charge in [-0.15, -0.1) is 0 Å². The maximum absolute atomic E-state index is 12.6. The third-order valence-corrected chi connectivity index (χ3v) is 13.0. The van der Waals surface area contributed by atoms with Crippen molar-refractivity contribution in [2.24, 2.45) is 17.3 Å². The standard InChI is InChI=1S/C42H52N8O3/c1-41(2,3)53-40(51)48-21-27(22-48)19-37-46-17-14-42(15-18-46)26-50(38(42)28-23-47(37)24-28)30-11-12-34(36(20-30)52-4)45-39-43-16-13-33(44-39)32-25-49(29-9-10-29)35-8-6-5-7-31(32)35/h5-8,11-13,16,20,25,27-29,37-38H,9-10,14-15,17-19,21-24,26H2,1-4H3,(H,43,44,45). The van der Waals surface area contributed by atoms with Crippen molar-refractivity contribution >= 4 is 34.3 Å². The van der Waals surface area contributed by atoms with E-state index >= 15 is 0 Å². The van der Waals surface area contributed by atoms with Crippen LogP contribution in [0.25, 0.3) is 22.2 Å². The van der Waals surface area contributed by atoms with Gasteiger partial charge in [-0.2, -0.15) is 0 Å². The summed E-state index contributed by atoms with van der Waals surface area (Å²) >= 11 is 0. The van der Waals surface area contributed by atoms with Gasteiger partial charge in [-0.1, -0.05) is 18.2 Å². The van der Waals surface area contributed by atoms with Crippen molar-refractivity contribution in [2.45, 2.75) is 76.7 Å². The number of nitrogens with one attached hydrogen (secondary N) is 1. The third-order valence-electron chi connectivity index (χ3n) is 13.0. The van der Waals surface area contributed by atoms with Crippen molar-refractivity contribution in [1.29, 1.82) is 0 Å². The second-order valence-corrected chi connectivity index (χ2v) is 17.6. The topological polar surface area (TPSA) is 91.2 Å². The summed E-state index contributed by atoms with van der Waals surface area (Å²) in [6.07, 6.45) is 10.5. The lowest BCUT2D eigenvalue weighted by Crippen LogP contribution is -2.72. The van der Waals surface area contributed by atoms with Gasteiger partial charge in [-0.05, 0) is 83.1 Å². The number of para-hydroxylation sites is 1. The van der Waals surface area contributed by atoms with Crippen LogP contribution < -0.4 is 15.0 Å². The molecule has 11 nitrogen and oxygen atoms in total. The molecular weight excluding hydrogens is 665 g/mol. The van der Waals surface area contributed by atoms with Crippen LogP contribution in [0.4, 0.5) is 22.1 Å². The van der Waals surface area contributed by atoms with E-state index in [-0.39, 0.29) is 6.09 Å². The van der Waals surface area contributed by atoms with Gasteiger partial charge in [-0.3, -0.25) is 9.80 Å². The first-order valence-electron chi connectivity index (χ1n) is 19.8. The summed E-state index contributed by atoms with van der Waals surface area (Å²) in [4.78, 5) is 32.2. The first kappa shape index (κ1) is 33.2. The summed E-state index contributed by atoms with van der Waals surface area (Å²) in [5.41, 5.74) is 5.36. The first-order valence-corrected chi connectivity index (χ1v) is 19.8. The largest absolute Gasteiger partial charge is 0.494 e. The molecule has 2 aromatic carbocycles. The first-order chi connectivity index (χ1) is 25.6. The highest BCUT2D eigenvalue weighted by atomic mass is 16.6. The Hall–Kier alpha value is -4.35. The summed E-state index contributed by atoms with van der Waals surface area (Å²) < 4.78 is 14.0. The molecule has 8 aliphatic heterocycles. The minimum Gasteiger partial charge on any atom is -0.494 e. The highest BCUT2D eigenvalue weighted by molar-refractivity contribution is 5.95. The number of rotatable bonds is 8. The van der Waals surface area contributed by atoms with Crippen LogP contribution in [-0.2, 0) is 4.74 Å². The Bertz CT molecular complexity index is 2030. The van der Waals surface area contributed by atoms with Crippen molar-refractivity contribution in [3.05, 3.63) is 60.9 Å². The number of carbonyl (C=O) groups excluding carboxylic acids is 1. The molecule has 4 aromatic rings. The molecule has 8 saturated heterocycles. The zero-order chi connectivity index (χ0) is 36.1. The molecule has 2 atom stereocenters. The molecular formula is C42H52N8O3. The SMILES string of the molecule is COc1cc(N2CC34CCN(CC3)C(CC3CN(C(=O)OC(C)(C)C)C3)N3CC(C3)C24)ccc1Nc1nccc(-c2cn(C3CC3)c3ccccc23)n1. The molecule has 1 spiro atoms. The second-order valence-electron chi connectivity index (χ2n) is 17.6. The number of fused-ring (bicyclic) bond motifs is 1. The van der Waals surface area contributed by atoms with E-state index in [1.807, 2.05) is 37.9 Å². The number of amides is 1. The van der Waals surface area contributed by atoms with E-state index in [1.54, 1.807) is 7.11 Å². The van der Waals surface area contributed by atoms with E-state index in [0.29, 0.717) is 41.4 Å². The van der Waals surface area contributed by atoms with Crippen LogP contribution in [0.1, 0.15) is 58.9 Å². The van der Waals surface area contributed by atoms with Gasteiger partial charge in [0.05, 0.1) is 24.7 Å². The van der Waals surface area contributed by atoms with Gasteiger partial charge in [0.15, 0.2) is 0 Å². The van der Waals surface area contributed by atoms with Crippen LogP contribution in [0.5, 0.6) is 5.75 Å². The summed E-state index contributed by atoms with van der Waals surface area (Å²) in [6, 6.07) is 18.4. The fraction of sp³-hybridized carbons (Fsp3) is 0.548. The van der Waals surface area contributed by atoms with E-state index < -0.39 is 5.60 Å². The van der Waals surface area contributed by atoms with Gasteiger partial charge in [0.1, 0.15) is 11.4 Å². The summed E-state index contributed by atoms with van der Waals surface area (Å²) in [5, 5.41) is 4.71. The number of methoxy groups -OCH3 is 1. The van der Waals surface area contributed by atoms with Crippen LogP contribution in [0.3, 0.4) is 0 Å². The van der Waals surface area contributed by atoms with Crippen molar-refractivity contribution < 1.29 is 14.3 Å². The normalized spacial score (nSPS) is 29.2. The Kier molecular flexibility index (Phi) is 7.74. The lowest BCUT2D eigenvalue weighted by molar-refractivity contribution is -0.0566. The zero-order valence-corrected chi connectivity index (χ0v) is 31.5. The van der Waals surface area contributed by atoms with E-state index in [0.717, 1.165) is 74.9 Å². The number of carbonyl (C=O) groups is 1. The number of benzene rings is 2. The fourth-order valence-electron chi connectivity index (χ4n) is 10.2. The number of piperidine rings is 1. The molecule has 2 unspecified atom stereocenters. The van der Waals surface area contributed by atoms with E-state index in [1.165, 1.54) is 42.3 Å².